The Morgan fingerprint density at radius 3 is 2.50 bits per heavy atom. The quantitative estimate of drug-likeness (QED) is 0.895. The standard InChI is InChI=1S/C15H18F3NO2S/c1-21-13-12(15(16,17)18)5-9(8-19-13)14(20)6-10-3-2-4-11(7-14)22-10/h5,8,10-11,20H,2-4,6-7H2,1H3. The van der Waals surface area contributed by atoms with E-state index >= 15 is 0 Å². The summed E-state index contributed by atoms with van der Waals surface area (Å²) in [6.45, 7) is 0. The van der Waals surface area contributed by atoms with Crippen molar-refractivity contribution in [2.45, 2.75) is 54.4 Å². The molecule has 2 saturated heterocycles. The van der Waals surface area contributed by atoms with Gasteiger partial charge in [0, 0.05) is 22.3 Å². The number of hydrogen-bond acceptors (Lipinski definition) is 4. The third-order valence-corrected chi connectivity index (χ3v) is 6.03. The molecule has 0 aliphatic carbocycles. The fourth-order valence-electron chi connectivity index (χ4n) is 3.43. The van der Waals surface area contributed by atoms with E-state index in [0.29, 0.717) is 23.3 Å². The summed E-state index contributed by atoms with van der Waals surface area (Å²) in [5.41, 5.74) is -1.90. The van der Waals surface area contributed by atoms with Crippen molar-refractivity contribution in [3.63, 3.8) is 0 Å². The smallest absolute Gasteiger partial charge is 0.421 e. The normalized spacial score (nSPS) is 31.9. The van der Waals surface area contributed by atoms with Crippen LogP contribution in [0.15, 0.2) is 12.3 Å². The zero-order chi connectivity index (χ0) is 16.0. The Morgan fingerprint density at radius 1 is 1.32 bits per heavy atom. The van der Waals surface area contributed by atoms with Gasteiger partial charge in [-0.05, 0) is 31.7 Å². The molecular weight excluding hydrogens is 315 g/mol. The van der Waals surface area contributed by atoms with E-state index in [9.17, 15) is 18.3 Å². The number of alkyl halides is 3. The molecule has 0 saturated carbocycles. The van der Waals surface area contributed by atoms with E-state index in [4.69, 9.17) is 4.74 Å². The van der Waals surface area contributed by atoms with E-state index in [-0.39, 0.29) is 5.56 Å². The number of thioether (sulfide) groups is 1. The van der Waals surface area contributed by atoms with Gasteiger partial charge in [0.15, 0.2) is 0 Å². The molecule has 2 bridgehead atoms. The van der Waals surface area contributed by atoms with Crippen LogP contribution in [0.4, 0.5) is 13.2 Å². The summed E-state index contributed by atoms with van der Waals surface area (Å²) in [7, 11) is 1.16. The summed E-state index contributed by atoms with van der Waals surface area (Å²) in [5.74, 6) is -0.453. The van der Waals surface area contributed by atoms with Crippen LogP contribution < -0.4 is 4.74 Å². The van der Waals surface area contributed by atoms with E-state index in [0.717, 1.165) is 32.4 Å². The molecule has 2 fully saturated rings. The van der Waals surface area contributed by atoms with Crippen molar-refractivity contribution in [3.8, 4) is 5.88 Å². The number of fused-ring (bicyclic) bond motifs is 2. The number of pyridine rings is 1. The van der Waals surface area contributed by atoms with Crippen LogP contribution >= 0.6 is 11.8 Å². The van der Waals surface area contributed by atoms with Crippen LogP contribution in [0.2, 0.25) is 0 Å². The molecule has 3 heterocycles. The Hall–Kier alpha value is -0.950. The molecule has 3 rings (SSSR count). The third kappa shape index (κ3) is 2.93. The number of nitrogens with zero attached hydrogens (tertiary/aromatic N) is 1. The molecule has 3 nitrogen and oxygen atoms in total. The second kappa shape index (κ2) is 5.60. The lowest BCUT2D eigenvalue weighted by Gasteiger charge is -2.44. The van der Waals surface area contributed by atoms with Crippen molar-refractivity contribution in [2.24, 2.45) is 0 Å². The van der Waals surface area contributed by atoms with E-state index in [1.807, 2.05) is 11.8 Å². The molecule has 0 spiro atoms. The molecule has 22 heavy (non-hydrogen) atoms. The van der Waals surface area contributed by atoms with Gasteiger partial charge < -0.3 is 9.84 Å². The fraction of sp³-hybridized carbons (Fsp3) is 0.667. The fourth-order valence-corrected chi connectivity index (χ4v) is 5.32. The topological polar surface area (TPSA) is 42.4 Å². The van der Waals surface area contributed by atoms with Crippen LogP contribution in [0.5, 0.6) is 5.88 Å². The average Bonchev–Trinajstić information content (AvgIpc) is 2.45. The summed E-state index contributed by atoms with van der Waals surface area (Å²) >= 11 is 1.86. The molecule has 2 unspecified atom stereocenters. The van der Waals surface area contributed by atoms with Crippen LogP contribution in [0.25, 0.3) is 0 Å². The highest BCUT2D eigenvalue weighted by Gasteiger charge is 2.44. The van der Waals surface area contributed by atoms with Gasteiger partial charge in [0.2, 0.25) is 5.88 Å². The van der Waals surface area contributed by atoms with E-state index < -0.39 is 23.2 Å². The Bertz CT molecular complexity index is 552. The number of ether oxygens (including phenoxy) is 1. The number of hydrogen-bond donors (Lipinski definition) is 1. The molecule has 1 N–H and O–H groups in total. The molecule has 2 aliphatic rings. The van der Waals surface area contributed by atoms with Gasteiger partial charge in [-0.25, -0.2) is 4.98 Å². The maximum Gasteiger partial charge on any atom is 0.421 e. The zero-order valence-corrected chi connectivity index (χ0v) is 13.0. The van der Waals surface area contributed by atoms with Gasteiger partial charge in [-0.15, -0.1) is 0 Å². The number of rotatable bonds is 2. The Labute approximate surface area is 131 Å². The van der Waals surface area contributed by atoms with E-state index in [2.05, 4.69) is 4.98 Å². The summed E-state index contributed by atoms with van der Waals surface area (Å²) in [6.07, 6.45) is 0.897. The first kappa shape index (κ1) is 15.9. The lowest BCUT2D eigenvalue weighted by Crippen LogP contribution is -2.40. The molecule has 0 amide bonds. The lowest BCUT2D eigenvalue weighted by atomic mass is 9.81. The summed E-state index contributed by atoms with van der Waals surface area (Å²) in [5, 5.41) is 11.6. The van der Waals surface area contributed by atoms with Crippen molar-refractivity contribution in [2.75, 3.05) is 7.11 Å². The van der Waals surface area contributed by atoms with Crippen LogP contribution in [-0.4, -0.2) is 27.7 Å². The van der Waals surface area contributed by atoms with Crippen LogP contribution in [0, 0.1) is 0 Å². The Morgan fingerprint density at radius 2 is 1.95 bits per heavy atom. The highest BCUT2D eigenvalue weighted by Crippen LogP contribution is 2.50. The molecular formula is C15H18F3NO2S. The average molecular weight is 333 g/mol. The first-order valence-electron chi connectivity index (χ1n) is 7.31. The highest BCUT2D eigenvalue weighted by molar-refractivity contribution is 8.00. The van der Waals surface area contributed by atoms with Gasteiger partial charge >= 0.3 is 6.18 Å². The van der Waals surface area contributed by atoms with Crippen molar-refractivity contribution >= 4 is 11.8 Å². The minimum absolute atomic E-state index is 0.248. The molecule has 122 valence electrons. The SMILES string of the molecule is COc1ncc(C2(O)CC3CCCC(C2)S3)cc1C(F)(F)F. The second-order valence-corrected chi connectivity index (χ2v) is 7.63. The van der Waals surface area contributed by atoms with Gasteiger partial charge in [-0.1, -0.05) is 6.42 Å². The summed E-state index contributed by atoms with van der Waals surface area (Å²) in [4.78, 5) is 3.77. The van der Waals surface area contributed by atoms with Gasteiger partial charge in [0.25, 0.3) is 0 Å². The minimum Gasteiger partial charge on any atom is -0.481 e. The molecule has 1 aromatic rings. The molecule has 0 radical (unpaired) electrons. The zero-order valence-electron chi connectivity index (χ0n) is 12.2. The number of aromatic nitrogens is 1. The minimum atomic E-state index is -4.55. The molecule has 2 aliphatic heterocycles. The van der Waals surface area contributed by atoms with Gasteiger partial charge in [0.05, 0.1) is 12.7 Å². The van der Waals surface area contributed by atoms with Crippen molar-refractivity contribution in [1.82, 2.24) is 4.98 Å². The van der Waals surface area contributed by atoms with Gasteiger partial charge in [-0.3, -0.25) is 0 Å². The van der Waals surface area contributed by atoms with Crippen LogP contribution in [0.1, 0.15) is 43.2 Å². The second-order valence-electron chi connectivity index (χ2n) is 6.03. The molecule has 0 aromatic carbocycles. The van der Waals surface area contributed by atoms with Gasteiger partial charge in [0.1, 0.15) is 5.56 Å². The maximum atomic E-state index is 13.1. The van der Waals surface area contributed by atoms with E-state index in [1.165, 1.54) is 6.20 Å². The van der Waals surface area contributed by atoms with Crippen LogP contribution in [-0.2, 0) is 11.8 Å². The Kier molecular flexibility index (Phi) is 4.05. The lowest BCUT2D eigenvalue weighted by molar-refractivity contribution is -0.139. The first-order valence-corrected chi connectivity index (χ1v) is 8.26. The van der Waals surface area contributed by atoms with Crippen molar-refractivity contribution in [3.05, 3.63) is 23.4 Å². The third-order valence-electron chi connectivity index (χ3n) is 4.46. The van der Waals surface area contributed by atoms with Crippen LogP contribution in [0.3, 0.4) is 0 Å². The largest absolute Gasteiger partial charge is 0.481 e. The predicted molar refractivity (Wildman–Crippen MR) is 77.9 cm³/mol. The monoisotopic (exact) mass is 333 g/mol. The molecule has 1 aromatic heterocycles. The molecule has 7 heteroatoms. The highest BCUT2D eigenvalue weighted by atomic mass is 32.2. The number of methoxy groups -OCH3 is 1. The first-order chi connectivity index (χ1) is 10.3. The summed E-state index contributed by atoms with van der Waals surface area (Å²) in [6, 6.07) is 0.998. The Balaban J connectivity index is 1.97. The number of aliphatic hydroxyl groups is 1. The van der Waals surface area contributed by atoms with E-state index in [1.54, 1.807) is 0 Å². The summed E-state index contributed by atoms with van der Waals surface area (Å²) < 4.78 is 44.1. The van der Waals surface area contributed by atoms with Gasteiger partial charge in [-0.2, -0.15) is 24.9 Å². The number of halogens is 3. The van der Waals surface area contributed by atoms with Crippen molar-refractivity contribution < 1.29 is 23.0 Å². The van der Waals surface area contributed by atoms with Crippen molar-refractivity contribution in [1.29, 1.82) is 0 Å². The maximum absolute atomic E-state index is 13.1. The predicted octanol–water partition coefficient (Wildman–Crippen LogP) is 3.74. The molecule has 2 atom stereocenters.